The van der Waals surface area contributed by atoms with Gasteiger partial charge < -0.3 is 0 Å². The van der Waals surface area contributed by atoms with Crippen LogP contribution in [0, 0.1) is 10.1 Å². The fraction of sp³-hybridized carbons (Fsp3) is 0.125. The lowest BCUT2D eigenvalue weighted by Crippen LogP contribution is -2.10. The number of carbonyl (C=O) groups is 1. The first-order chi connectivity index (χ1) is 6.88. The number of halogens is 3. The highest BCUT2D eigenvalue weighted by molar-refractivity contribution is 5.82. The predicted octanol–water partition coefficient (Wildman–Crippen LogP) is 2.43. The number of nitro groups is 1. The molecule has 0 N–H and O–H groups in total. The van der Waals surface area contributed by atoms with Crippen LogP contribution in [0.15, 0.2) is 18.2 Å². The minimum absolute atomic E-state index is 0.0212. The zero-order valence-corrected chi connectivity index (χ0v) is 7.12. The van der Waals surface area contributed by atoms with E-state index in [0.717, 1.165) is 12.1 Å². The Balaban J connectivity index is 3.52. The quantitative estimate of drug-likeness (QED) is 0.436. The molecular weight excluding hydrogens is 215 g/mol. The van der Waals surface area contributed by atoms with Crippen molar-refractivity contribution in [2.24, 2.45) is 0 Å². The summed E-state index contributed by atoms with van der Waals surface area (Å²) in [6, 6.07) is 2.46. The van der Waals surface area contributed by atoms with Crippen LogP contribution >= 0.6 is 0 Å². The molecule has 0 spiro atoms. The third kappa shape index (κ3) is 2.12. The lowest BCUT2D eigenvalue weighted by molar-refractivity contribution is -0.388. The van der Waals surface area contributed by atoms with Gasteiger partial charge in [-0.1, -0.05) is 6.07 Å². The maximum atomic E-state index is 12.3. The third-order valence-electron chi connectivity index (χ3n) is 1.68. The maximum Gasteiger partial charge on any atom is 0.423 e. The van der Waals surface area contributed by atoms with Crippen molar-refractivity contribution in [3.63, 3.8) is 0 Å². The SMILES string of the molecule is O=Cc1cccc(C(F)(F)F)c1[N+](=O)[O-]. The van der Waals surface area contributed by atoms with Gasteiger partial charge in [0.1, 0.15) is 5.56 Å². The third-order valence-corrected chi connectivity index (χ3v) is 1.68. The normalized spacial score (nSPS) is 11.1. The Morgan fingerprint density at radius 1 is 1.33 bits per heavy atom. The van der Waals surface area contributed by atoms with Gasteiger partial charge in [0.2, 0.25) is 0 Å². The molecule has 0 heterocycles. The van der Waals surface area contributed by atoms with Gasteiger partial charge in [0.25, 0.3) is 5.69 Å². The van der Waals surface area contributed by atoms with E-state index in [4.69, 9.17) is 0 Å². The molecular formula is C8H4F3NO3. The number of alkyl halides is 3. The maximum absolute atomic E-state index is 12.3. The summed E-state index contributed by atoms with van der Waals surface area (Å²) in [6.07, 6.45) is -4.82. The molecule has 0 aromatic heterocycles. The summed E-state index contributed by atoms with van der Waals surface area (Å²) in [5, 5.41) is 10.4. The summed E-state index contributed by atoms with van der Waals surface area (Å²) in [4.78, 5) is 19.5. The van der Waals surface area contributed by atoms with E-state index < -0.39 is 27.9 Å². The lowest BCUT2D eigenvalue weighted by atomic mass is 10.1. The fourth-order valence-electron chi connectivity index (χ4n) is 1.09. The van der Waals surface area contributed by atoms with Crippen molar-refractivity contribution in [2.45, 2.75) is 6.18 Å². The number of nitrogens with zero attached hydrogens (tertiary/aromatic N) is 1. The highest BCUT2D eigenvalue weighted by atomic mass is 19.4. The number of nitro benzene ring substituents is 1. The van der Waals surface area contributed by atoms with Gasteiger partial charge in [0.15, 0.2) is 6.29 Å². The first-order valence-corrected chi connectivity index (χ1v) is 3.67. The van der Waals surface area contributed by atoms with Crippen LogP contribution in [0.3, 0.4) is 0 Å². The molecule has 0 aliphatic carbocycles. The average Bonchev–Trinajstić information content (AvgIpc) is 2.15. The molecule has 0 aliphatic heterocycles. The van der Waals surface area contributed by atoms with Crippen LogP contribution in [0.2, 0.25) is 0 Å². The molecule has 0 fully saturated rings. The second-order valence-corrected chi connectivity index (χ2v) is 2.62. The number of carbonyl (C=O) groups excluding carboxylic acids is 1. The highest BCUT2D eigenvalue weighted by Crippen LogP contribution is 2.37. The predicted molar refractivity (Wildman–Crippen MR) is 43.5 cm³/mol. The largest absolute Gasteiger partial charge is 0.423 e. The van der Waals surface area contributed by atoms with Crippen molar-refractivity contribution in [1.82, 2.24) is 0 Å². The summed E-state index contributed by atoms with van der Waals surface area (Å²) >= 11 is 0. The van der Waals surface area contributed by atoms with Crippen LogP contribution in [-0.2, 0) is 6.18 Å². The molecule has 0 saturated carbocycles. The molecule has 0 atom stereocenters. The Bertz CT molecular complexity index is 414. The van der Waals surface area contributed by atoms with Crippen LogP contribution in [0.25, 0.3) is 0 Å². The average molecular weight is 219 g/mol. The molecule has 7 heteroatoms. The summed E-state index contributed by atoms with van der Waals surface area (Å²) in [7, 11) is 0. The monoisotopic (exact) mass is 219 g/mol. The Labute approximate surface area is 81.5 Å². The summed E-state index contributed by atoms with van der Waals surface area (Å²) in [6.45, 7) is 0. The van der Waals surface area contributed by atoms with E-state index in [1.807, 2.05) is 0 Å². The van der Waals surface area contributed by atoms with Gasteiger partial charge in [-0.05, 0) is 12.1 Å². The molecule has 0 aliphatic rings. The molecule has 1 aromatic rings. The minimum atomic E-state index is -4.85. The zero-order chi connectivity index (χ0) is 11.6. The molecule has 4 nitrogen and oxygen atoms in total. The van der Waals surface area contributed by atoms with Crippen LogP contribution in [0.5, 0.6) is 0 Å². The Morgan fingerprint density at radius 3 is 2.33 bits per heavy atom. The molecule has 1 rings (SSSR count). The van der Waals surface area contributed by atoms with E-state index in [9.17, 15) is 28.1 Å². The highest BCUT2D eigenvalue weighted by Gasteiger charge is 2.39. The molecule has 0 radical (unpaired) electrons. The molecule has 15 heavy (non-hydrogen) atoms. The van der Waals surface area contributed by atoms with E-state index in [0.29, 0.717) is 6.07 Å². The fourth-order valence-corrected chi connectivity index (χ4v) is 1.09. The lowest BCUT2D eigenvalue weighted by Gasteiger charge is -2.07. The van der Waals surface area contributed by atoms with E-state index in [1.54, 1.807) is 0 Å². The van der Waals surface area contributed by atoms with Gasteiger partial charge in [-0.3, -0.25) is 14.9 Å². The molecule has 0 bridgehead atoms. The summed E-state index contributed by atoms with van der Waals surface area (Å²) < 4.78 is 36.9. The molecule has 0 amide bonds. The van der Waals surface area contributed by atoms with Crippen LogP contribution in [0.4, 0.5) is 18.9 Å². The Morgan fingerprint density at radius 2 is 1.93 bits per heavy atom. The first kappa shape index (κ1) is 11.2. The van der Waals surface area contributed by atoms with Gasteiger partial charge in [0, 0.05) is 0 Å². The van der Waals surface area contributed by atoms with Gasteiger partial charge in [0.05, 0.1) is 10.5 Å². The standard InChI is InChI=1S/C8H4F3NO3/c9-8(10,11)6-3-1-2-5(4-13)7(6)12(14)15/h1-4H. The molecule has 0 saturated heterocycles. The van der Waals surface area contributed by atoms with E-state index in [2.05, 4.69) is 0 Å². The van der Waals surface area contributed by atoms with E-state index >= 15 is 0 Å². The Kier molecular flexibility index (Phi) is 2.74. The van der Waals surface area contributed by atoms with Crippen LogP contribution < -0.4 is 0 Å². The number of hydrogen-bond donors (Lipinski definition) is 0. The number of benzene rings is 1. The second kappa shape index (κ2) is 3.68. The Hall–Kier alpha value is -1.92. The number of para-hydroxylation sites is 1. The smallest absolute Gasteiger partial charge is 0.298 e. The van der Waals surface area contributed by atoms with Gasteiger partial charge >= 0.3 is 6.18 Å². The van der Waals surface area contributed by atoms with Crippen molar-refractivity contribution in [3.8, 4) is 0 Å². The topological polar surface area (TPSA) is 60.2 Å². The van der Waals surface area contributed by atoms with Crippen LogP contribution in [0.1, 0.15) is 15.9 Å². The van der Waals surface area contributed by atoms with Crippen molar-refractivity contribution in [3.05, 3.63) is 39.4 Å². The second-order valence-electron chi connectivity index (χ2n) is 2.62. The zero-order valence-electron chi connectivity index (χ0n) is 7.12. The number of rotatable bonds is 2. The van der Waals surface area contributed by atoms with Crippen molar-refractivity contribution in [2.75, 3.05) is 0 Å². The van der Waals surface area contributed by atoms with Gasteiger partial charge in [-0.15, -0.1) is 0 Å². The molecule has 80 valence electrons. The van der Waals surface area contributed by atoms with E-state index in [1.165, 1.54) is 0 Å². The van der Waals surface area contributed by atoms with Gasteiger partial charge in [-0.25, -0.2) is 0 Å². The van der Waals surface area contributed by atoms with Crippen molar-refractivity contribution < 1.29 is 22.9 Å². The van der Waals surface area contributed by atoms with Crippen molar-refractivity contribution >= 4 is 12.0 Å². The summed E-state index contributed by atoms with van der Waals surface area (Å²) in [5.41, 5.74) is -3.22. The van der Waals surface area contributed by atoms with Gasteiger partial charge in [-0.2, -0.15) is 13.2 Å². The van der Waals surface area contributed by atoms with Crippen LogP contribution in [-0.4, -0.2) is 11.2 Å². The number of aldehydes is 1. The van der Waals surface area contributed by atoms with Crippen molar-refractivity contribution in [1.29, 1.82) is 0 Å². The molecule has 0 unspecified atom stereocenters. The van der Waals surface area contributed by atoms with E-state index in [-0.39, 0.29) is 6.29 Å². The summed E-state index contributed by atoms with van der Waals surface area (Å²) in [5.74, 6) is 0. The first-order valence-electron chi connectivity index (χ1n) is 3.67. The number of hydrogen-bond acceptors (Lipinski definition) is 3. The minimum Gasteiger partial charge on any atom is -0.298 e. The molecule has 1 aromatic carbocycles.